The van der Waals surface area contributed by atoms with Crippen LogP contribution in [0.3, 0.4) is 0 Å². The van der Waals surface area contributed by atoms with Gasteiger partial charge in [-0.25, -0.2) is 0 Å². The summed E-state index contributed by atoms with van der Waals surface area (Å²) in [5, 5.41) is 8.39. The van der Waals surface area contributed by atoms with E-state index in [1.165, 1.54) is 6.92 Å². The molecule has 0 spiro atoms. The molecule has 0 amide bonds. The third kappa shape index (κ3) is 1.89. The number of carbonyl (C=O) groups excluding carboxylic acids is 1. The first-order chi connectivity index (χ1) is 7.09. The Morgan fingerprint density at radius 3 is 2.93 bits per heavy atom. The van der Waals surface area contributed by atoms with Crippen molar-refractivity contribution in [2.24, 2.45) is 0 Å². The lowest BCUT2D eigenvalue weighted by Crippen LogP contribution is -2.02. The van der Waals surface area contributed by atoms with Gasteiger partial charge in [0.05, 0.1) is 10.9 Å². The average Bonchev–Trinajstić information content (AvgIpc) is 2.56. The molecule has 0 unspecified atom stereocenters. The number of hydrogen-bond donors (Lipinski definition) is 0. The van der Waals surface area contributed by atoms with Crippen LogP contribution in [0.4, 0.5) is 0 Å². The Kier molecular flexibility index (Phi) is 2.75. The number of hydrogen-bond acceptors (Lipinski definition) is 3. The largest absolute Gasteiger partial charge is 0.300 e. The summed E-state index contributed by atoms with van der Waals surface area (Å²) >= 11 is 9.35. The van der Waals surface area contributed by atoms with E-state index in [2.05, 4.69) is 26.1 Å². The van der Waals surface area contributed by atoms with E-state index in [0.717, 1.165) is 4.47 Å². The number of halogens is 2. The molecule has 0 aliphatic heterocycles. The molecular weight excluding hydrogens is 281 g/mol. The summed E-state index contributed by atoms with van der Waals surface area (Å²) in [5.41, 5.74) is 0.624. The molecule has 0 bridgehead atoms. The molecule has 0 aliphatic carbocycles. The zero-order chi connectivity index (χ0) is 11.0. The fraction of sp³-hybridized carbons (Fsp3) is 0.222. The number of nitrogens with zero attached hydrogens (tertiary/aromatic N) is 3. The van der Waals surface area contributed by atoms with E-state index in [4.69, 9.17) is 11.6 Å². The van der Waals surface area contributed by atoms with E-state index >= 15 is 0 Å². The second kappa shape index (κ2) is 3.90. The molecule has 0 saturated carbocycles. The molecule has 0 fully saturated rings. The topological polar surface area (TPSA) is 47.3 Å². The van der Waals surface area contributed by atoms with Crippen molar-refractivity contribution in [1.29, 1.82) is 0 Å². The highest BCUT2D eigenvalue weighted by Gasteiger charge is 2.12. The first-order valence-electron chi connectivity index (χ1n) is 4.27. The Morgan fingerprint density at radius 1 is 1.53 bits per heavy atom. The summed E-state index contributed by atoms with van der Waals surface area (Å²) in [6, 6.07) is 3.52. The molecule has 0 atom stereocenters. The van der Waals surface area contributed by atoms with Crippen molar-refractivity contribution < 1.29 is 4.79 Å². The lowest BCUT2D eigenvalue weighted by Gasteiger charge is -2.01. The molecule has 0 N–H and O–H groups in total. The van der Waals surface area contributed by atoms with Crippen molar-refractivity contribution in [3.8, 4) is 0 Å². The van der Waals surface area contributed by atoms with Crippen molar-refractivity contribution in [2.45, 2.75) is 13.3 Å². The molecule has 0 aliphatic rings. The van der Waals surface area contributed by atoms with E-state index in [1.54, 1.807) is 16.5 Å². The van der Waals surface area contributed by atoms with Crippen LogP contribution in [-0.2, 0) is 11.2 Å². The Labute approximate surface area is 99.4 Å². The molecule has 0 aromatic carbocycles. The third-order valence-corrected chi connectivity index (χ3v) is 2.85. The minimum Gasteiger partial charge on any atom is -0.300 e. The van der Waals surface area contributed by atoms with Gasteiger partial charge in [0.25, 0.3) is 0 Å². The van der Waals surface area contributed by atoms with Gasteiger partial charge < -0.3 is 0 Å². The van der Waals surface area contributed by atoms with Crippen LogP contribution in [0.5, 0.6) is 0 Å². The van der Waals surface area contributed by atoms with Gasteiger partial charge in [0.1, 0.15) is 16.8 Å². The predicted octanol–water partition coefficient (Wildman–Crippen LogP) is 2.28. The van der Waals surface area contributed by atoms with Crippen molar-refractivity contribution in [2.75, 3.05) is 0 Å². The lowest BCUT2D eigenvalue weighted by molar-refractivity contribution is -0.116. The van der Waals surface area contributed by atoms with Crippen LogP contribution in [0.1, 0.15) is 12.7 Å². The number of carbonyl (C=O) groups is 1. The standard InChI is InChI=1S/C9H7BrClN3O/c1-5(15)4-8-12-13-9-6(10)2-3-7(11)14(8)9/h2-3H,4H2,1H3. The summed E-state index contributed by atoms with van der Waals surface area (Å²) in [6.07, 6.45) is 0.233. The van der Waals surface area contributed by atoms with Crippen LogP contribution in [0, 0.1) is 0 Å². The van der Waals surface area contributed by atoms with Crippen LogP contribution in [0.15, 0.2) is 16.6 Å². The van der Waals surface area contributed by atoms with Crippen LogP contribution in [0.2, 0.25) is 5.15 Å². The van der Waals surface area contributed by atoms with Crippen LogP contribution >= 0.6 is 27.5 Å². The molecule has 2 heterocycles. The SMILES string of the molecule is CC(=O)Cc1nnc2c(Br)ccc(Cl)n12. The van der Waals surface area contributed by atoms with Gasteiger partial charge in [-0.3, -0.25) is 9.20 Å². The molecular formula is C9H7BrClN3O. The first kappa shape index (κ1) is 10.6. The van der Waals surface area contributed by atoms with E-state index in [1.807, 2.05) is 0 Å². The summed E-state index contributed by atoms with van der Waals surface area (Å²) in [6.45, 7) is 1.51. The Morgan fingerprint density at radius 2 is 2.27 bits per heavy atom. The van der Waals surface area contributed by atoms with Crippen LogP contribution in [0.25, 0.3) is 5.65 Å². The second-order valence-corrected chi connectivity index (χ2v) is 4.40. The smallest absolute Gasteiger partial charge is 0.176 e. The highest BCUT2D eigenvalue weighted by atomic mass is 79.9. The molecule has 2 aromatic heterocycles. The van der Waals surface area contributed by atoms with Gasteiger partial charge >= 0.3 is 0 Å². The maximum atomic E-state index is 11.0. The van der Waals surface area contributed by atoms with Crippen LogP contribution in [-0.4, -0.2) is 20.4 Å². The first-order valence-corrected chi connectivity index (χ1v) is 5.44. The van der Waals surface area contributed by atoms with Gasteiger partial charge in [0.2, 0.25) is 0 Å². The van der Waals surface area contributed by atoms with Crippen molar-refractivity contribution >= 4 is 39.0 Å². The van der Waals surface area contributed by atoms with Crippen molar-refractivity contribution in [1.82, 2.24) is 14.6 Å². The molecule has 15 heavy (non-hydrogen) atoms. The average molecular weight is 289 g/mol. The van der Waals surface area contributed by atoms with Crippen molar-refractivity contribution in [3.05, 3.63) is 27.6 Å². The minimum atomic E-state index is 0.0281. The number of ketones is 1. The third-order valence-electron chi connectivity index (χ3n) is 1.93. The van der Waals surface area contributed by atoms with Crippen molar-refractivity contribution in [3.63, 3.8) is 0 Å². The fourth-order valence-electron chi connectivity index (χ4n) is 1.32. The molecule has 78 valence electrons. The quantitative estimate of drug-likeness (QED) is 0.797. The highest BCUT2D eigenvalue weighted by Crippen LogP contribution is 2.22. The zero-order valence-electron chi connectivity index (χ0n) is 7.87. The van der Waals surface area contributed by atoms with E-state index in [0.29, 0.717) is 16.6 Å². The Hall–Kier alpha value is -0.940. The summed E-state index contributed by atoms with van der Waals surface area (Å²) in [4.78, 5) is 11.0. The predicted molar refractivity (Wildman–Crippen MR) is 60.1 cm³/mol. The molecule has 4 nitrogen and oxygen atoms in total. The van der Waals surface area contributed by atoms with Gasteiger partial charge in [-0.15, -0.1) is 10.2 Å². The lowest BCUT2D eigenvalue weighted by atomic mass is 10.3. The summed E-state index contributed by atoms with van der Waals surface area (Å²) in [5.74, 6) is 0.587. The van der Waals surface area contributed by atoms with E-state index in [-0.39, 0.29) is 12.2 Å². The molecule has 2 rings (SSSR count). The maximum absolute atomic E-state index is 11.0. The second-order valence-electron chi connectivity index (χ2n) is 3.16. The zero-order valence-corrected chi connectivity index (χ0v) is 10.2. The van der Waals surface area contributed by atoms with E-state index < -0.39 is 0 Å². The molecule has 6 heteroatoms. The molecule has 0 saturated heterocycles. The number of aromatic nitrogens is 3. The molecule has 2 aromatic rings. The number of fused-ring (bicyclic) bond motifs is 1. The Bertz CT molecular complexity index is 537. The highest BCUT2D eigenvalue weighted by molar-refractivity contribution is 9.10. The van der Waals surface area contributed by atoms with Gasteiger partial charge in [-0.05, 0) is 35.0 Å². The maximum Gasteiger partial charge on any atom is 0.176 e. The number of rotatable bonds is 2. The Balaban J connectivity index is 2.67. The van der Waals surface area contributed by atoms with E-state index in [9.17, 15) is 4.79 Å². The monoisotopic (exact) mass is 287 g/mol. The summed E-state index contributed by atoms with van der Waals surface area (Å²) in [7, 11) is 0. The minimum absolute atomic E-state index is 0.0281. The number of pyridine rings is 1. The van der Waals surface area contributed by atoms with Gasteiger partial charge in [-0.1, -0.05) is 11.6 Å². The van der Waals surface area contributed by atoms with Gasteiger partial charge in [0.15, 0.2) is 5.65 Å². The van der Waals surface area contributed by atoms with Gasteiger partial charge in [0, 0.05) is 0 Å². The summed E-state index contributed by atoms with van der Waals surface area (Å²) < 4.78 is 2.46. The number of Topliss-reactive ketones (excluding diaryl/α,β-unsaturated/α-hetero) is 1. The van der Waals surface area contributed by atoms with Gasteiger partial charge in [-0.2, -0.15) is 0 Å². The fourth-order valence-corrected chi connectivity index (χ4v) is 1.95. The van der Waals surface area contributed by atoms with Crippen LogP contribution < -0.4 is 0 Å². The molecule has 0 radical (unpaired) electrons. The normalized spacial score (nSPS) is 10.9.